The van der Waals surface area contributed by atoms with Crippen molar-refractivity contribution in [3.05, 3.63) is 85.1 Å². The van der Waals surface area contributed by atoms with Gasteiger partial charge in [-0.15, -0.1) is 0 Å². The molecule has 3 aromatic heterocycles. The number of pyridine rings is 1. The summed E-state index contributed by atoms with van der Waals surface area (Å²) >= 11 is 0. The van der Waals surface area contributed by atoms with Crippen molar-refractivity contribution in [3.63, 3.8) is 0 Å². The number of amides is 1. The molecule has 6 heteroatoms. The van der Waals surface area contributed by atoms with Gasteiger partial charge in [-0.25, -0.2) is 9.97 Å². The maximum absolute atomic E-state index is 12.9. The van der Waals surface area contributed by atoms with Crippen molar-refractivity contribution < 1.29 is 4.79 Å². The number of aryl methyl sites for hydroxylation is 1. The van der Waals surface area contributed by atoms with Gasteiger partial charge in [-0.05, 0) is 18.6 Å². The number of carbonyl (C=O) groups is 1. The SMILES string of the molecule is O=C(NCCCn1ccnc1)c1cc2c([nH]c3ccccc32)c(-c2ccccc2)n1. The van der Waals surface area contributed by atoms with Gasteiger partial charge in [0.05, 0.1) is 17.5 Å². The number of nitrogens with zero attached hydrogens (tertiary/aromatic N) is 3. The van der Waals surface area contributed by atoms with Crippen molar-refractivity contribution in [2.24, 2.45) is 0 Å². The predicted octanol–water partition coefficient (Wildman–Crippen LogP) is 4.40. The molecule has 0 aliphatic rings. The number of aromatic nitrogens is 4. The lowest BCUT2D eigenvalue weighted by Gasteiger charge is -2.09. The fourth-order valence-electron chi connectivity index (χ4n) is 3.74. The summed E-state index contributed by atoms with van der Waals surface area (Å²) in [7, 11) is 0. The fraction of sp³-hybridized carbons (Fsp3) is 0.125. The molecular weight excluding hydrogens is 374 g/mol. The Balaban J connectivity index is 1.48. The van der Waals surface area contributed by atoms with Gasteiger partial charge in [0, 0.05) is 47.3 Å². The van der Waals surface area contributed by atoms with Crippen LogP contribution in [0.15, 0.2) is 79.4 Å². The zero-order chi connectivity index (χ0) is 20.3. The second-order valence-corrected chi connectivity index (χ2v) is 7.23. The Morgan fingerprint density at radius 3 is 2.70 bits per heavy atom. The van der Waals surface area contributed by atoms with Gasteiger partial charge in [-0.3, -0.25) is 4.79 Å². The largest absolute Gasteiger partial charge is 0.353 e. The molecule has 0 fully saturated rings. The van der Waals surface area contributed by atoms with Gasteiger partial charge in [-0.1, -0.05) is 48.5 Å². The van der Waals surface area contributed by atoms with E-state index >= 15 is 0 Å². The minimum atomic E-state index is -0.162. The molecule has 0 atom stereocenters. The first-order chi connectivity index (χ1) is 14.8. The Hall–Kier alpha value is -3.93. The number of aromatic amines is 1. The Morgan fingerprint density at radius 2 is 1.87 bits per heavy atom. The summed E-state index contributed by atoms with van der Waals surface area (Å²) in [5, 5.41) is 5.09. The second-order valence-electron chi connectivity index (χ2n) is 7.23. The van der Waals surface area contributed by atoms with E-state index in [9.17, 15) is 4.79 Å². The van der Waals surface area contributed by atoms with Gasteiger partial charge in [-0.2, -0.15) is 0 Å². The summed E-state index contributed by atoms with van der Waals surface area (Å²) in [5.74, 6) is -0.162. The summed E-state index contributed by atoms with van der Waals surface area (Å²) in [6, 6.07) is 20.0. The number of carbonyl (C=O) groups excluding carboxylic acids is 1. The van der Waals surface area contributed by atoms with E-state index in [1.165, 1.54) is 0 Å². The number of rotatable bonds is 6. The van der Waals surface area contributed by atoms with Crippen LogP contribution >= 0.6 is 0 Å². The standard InChI is InChI=1S/C24H21N5O/c30-24(26-11-6-13-29-14-12-25-16-29)21-15-19-18-9-4-5-10-20(18)27-23(19)22(28-21)17-7-2-1-3-8-17/h1-5,7-10,12,14-16,27H,6,11,13H2,(H,26,30). The third-order valence-electron chi connectivity index (χ3n) is 5.21. The molecule has 1 amide bonds. The minimum Gasteiger partial charge on any atom is -0.353 e. The number of fused-ring (bicyclic) bond motifs is 3. The van der Waals surface area contributed by atoms with Crippen molar-refractivity contribution >= 4 is 27.7 Å². The molecule has 2 N–H and O–H groups in total. The molecule has 5 rings (SSSR count). The zero-order valence-corrected chi connectivity index (χ0v) is 16.4. The van der Waals surface area contributed by atoms with Crippen LogP contribution in [0.4, 0.5) is 0 Å². The van der Waals surface area contributed by atoms with E-state index in [2.05, 4.69) is 21.4 Å². The smallest absolute Gasteiger partial charge is 0.269 e. The van der Waals surface area contributed by atoms with Crippen LogP contribution in [-0.2, 0) is 6.54 Å². The van der Waals surface area contributed by atoms with Crippen LogP contribution in [-0.4, -0.2) is 32.0 Å². The first-order valence-corrected chi connectivity index (χ1v) is 10.0. The molecule has 0 aliphatic carbocycles. The maximum atomic E-state index is 12.9. The number of hydrogen-bond acceptors (Lipinski definition) is 3. The second kappa shape index (κ2) is 7.83. The Bertz CT molecular complexity index is 1310. The number of H-pyrrole nitrogens is 1. The van der Waals surface area contributed by atoms with Gasteiger partial charge in [0.2, 0.25) is 0 Å². The highest BCUT2D eigenvalue weighted by molar-refractivity contribution is 6.13. The maximum Gasteiger partial charge on any atom is 0.269 e. The lowest BCUT2D eigenvalue weighted by atomic mass is 10.1. The number of benzene rings is 2. The topological polar surface area (TPSA) is 75.6 Å². The van der Waals surface area contributed by atoms with E-state index in [0.29, 0.717) is 12.2 Å². The fourth-order valence-corrected chi connectivity index (χ4v) is 3.74. The predicted molar refractivity (Wildman–Crippen MR) is 118 cm³/mol. The van der Waals surface area contributed by atoms with E-state index in [1.54, 1.807) is 12.5 Å². The van der Waals surface area contributed by atoms with Gasteiger partial charge in [0.1, 0.15) is 5.69 Å². The van der Waals surface area contributed by atoms with E-state index in [4.69, 9.17) is 4.98 Å². The highest BCUT2D eigenvalue weighted by Gasteiger charge is 2.16. The first kappa shape index (κ1) is 18.1. The molecule has 30 heavy (non-hydrogen) atoms. The summed E-state index contributed by atoms with van der Waals surface area (Å²) in [6.07, 6.45) is 6.27. The molecule has 0 bridgehead atoms. The molecule has 2 aromatic carbocycles. The number of nitrogens with one attached hydrogen (secondary N) is 2. The van der Waals surface area contributed by atoms with Crippen molar-refractivity contribution in [2.75, 3.05) is 6.54 Å². The van der Waals surface area contributed by atoms with E-state index in [-0.39, 0.29) is 5.91 Å². The Morgan fingerprint density at radius 1 is 1.03 bits per heavy atom. The monoisotopic (exact) mass is 395 g/mol. The van der Waals surface area contributed by atoms with Gasteiger partial charge in [0.25, 0.3) is 5.91 Å². The Kier molecular flexibility index (Phi) is 4.73. The molecule has 0 aliphatic heterocycles. The normalized spacial score (nSPS) is 11.2. The van der Waals surface area contributed by atoms with E-state index in [1.807, 2.05) is 65.4 Å². The molecule has 6 nitrogen and oxygen atoms in total. The van der Waals surface area contributed by atoms with E-state index < -0.39 is 0 Å². The Labute approximate surface area is 173 Å². The average molecular weight is 395 g/mol. The average Bonchev–Trinajstić information content (AvgIpc) is 3.44. The summed E-state index contributed by atoms with van der Waals surface area (Å²) in [5.41, 5.74) is 4.16. The number of imidazole rings is 1. The van der Waals surface area contributed by atoms with Crippen LogP contribution in [0.1, 0.15) is 16.9 Å². The highest BCUT2D eigenvalue weighted by atomic mass is 16.1. The molecule has 0 spiro atoms. The summed E-state index contributed by atoms with van der Waals surface area (Å²) in [6.45, 7) is 1.38. The highest BCUT2D eigenvalue weighted by Crippen LogP contribution is 2.32. The third kappa shape index (κ3) is 3.43. The molecule has 5 aromatic rings. The summed E-state index contributed by atoms with van der Waals surface area (Å²) < 4.78 is 2.00. The quantitative estimate of drug-likeness (QED) is 0.419. The third-order valence-corrected chi connectivity index (χ3v) is 5.21. The van der Waals surface area contributed by atoms with Gasteiger partial charge in [0.15, 0.2) is 0 Å². The number of para-hydroxylation sites is 1. The zero-order valence-electron chi connectivity index (χ0n) is 16.4. The van der Waals surface area contributed by atoms with Gasteiger partial charge < -0.3 is 14.9 Å². The van der Waals surface area contributed by atoms with Crippen LogP contribution in [0.5, 0.6) is 0 Å². The van der Waals surface area contributed by atoms with E-state index in [0.717, 1.165) is 46.0 Å². The van der Waals surface area contributed by atoms with Crippen molar-refractivity contribution in [2.45, 2.75) is 13.0 Å². The van der Waals surface area contributed by atoms with Crippen molar-refractivity contribution in [1.82, 2.24) is 24.8 Å². The van der Waals surface area contributed by atoms with Crippen LogP contribution in [0.2, 0.25) is 0 Å². The van der Waals surface area contributed by atoms with Crippen molar-refractivity contribution in [1.29, 1.82) is 0 Å². The van der Waals surface area contributed by atoms with Crippen LogP contribution in [0, 0.1) is 0 Å². The molecule has 0 saturated heterocycles. The minimum absolute atomic E-state index is 0.162. The molecular formula is C24H21N5O. The molecule has 3 heterocycles. The van der Waals surface area contributed by atoms with Gasteiger partial charge >= 0.3 is 0 Å². The lowest BCUT2D eigenvalue weighted by molar-refractivity contribution is 0.0948. The van der Waals surface area contributed by atoms with Crippen LogP contribution in [0.3, 0.4) is 0 Å². The summed E-state index contributed by atoms with van der Waals surface area (Å²) in [4.78, 5) is 25.1. The molecule has 0 unspecified atom stereocenters. The number of hydrogen-bond donors (Lipinski definition) is 2. The molecule has 0 saturated carbocycles. The first-order valence-electron chi connectivity index (χ1n) is 10.0. The lowest BCUT2D eigenvalue weighted by Crippen LogP contribution is -2.26. The van der Waals surface area contributed by atoms with Crippen molar-refractivity contribution in [3.8, 4) is 11.3 Å². The van der Waals surface area contributed by atoms with Crippen LogP contribution in [0.25, 0.3) is 33.1 Å². The molecule has 148 valence electrons. The van der Waals surface area contributed by atoms with Crippen LogP contribution < -0.4 is 5.32 Å². The molecule has 0 radical (unpaired) electrons.